The third kappa shape index (κ3) is 6.01. The maximum Gasteiger partial charge on any atom is 0.139 e. The van der Waals surface area contributed by atoms with Gasteiger partial charge in [0.15, 0.2) is 0 Å². The summed E-state index contributed by atoms with van der Waals surface area (Å²) in [6.07, 6.45) is 1.75. The fraction of sp³-hybridized carbons (Fsp3) is 0.154. The van der Waals surface area contributed by atoms with Gasteiger partial charge in [0.2, 0.25) is 0 Å². The Kier molecular flexibility index (Phi) is 7.58. The van der Waals surface area contributed by atoms with Crippen molar-refractivity contribution in [3.05, 3.63) is 94.8 Å². The van der Waals surface area contributed by atoms with Gasteiger partial charge in [0.05, 0.1) is 11.7 Å². The fourth-order valence-corrected chi connectivity index (χ4v) is 3.51. The monoisotopic (exact) mass is 473 g/mol. The number of rotatable bonds is 7. The lowest BCUT2D eigenvalue weighted by atomic mass is 10.1. The van der Waals surface area contributed by atoms with E-state index in [0.29, 0.717) is 34.3 Å². The molecule has 2 heterocycles. The van der Waals surface area contributed by atoms with Crippen LogP contribution in [0, 0.1) is 11.8 Å². The maximum absolute atomic E-state index is 10.4. The number of pyridine rings is 2. The molecular weight excluding hydrogens is 450 g/mol. The van der Waals surface area contributed by atoms with Crippen LogP contribution in [0.15, 0.2) is 73.1 Å². The molecule has 6 N–H and O–H groups in total. The van der Waals surface area contributed by atoms with Crippen LogP contribution in [0.4, 0.5) is 11.6 Å². The number of aliphatic hydroxyl groups excluding tert-OH is 2. The van der Waals surface area contributed by atoms with Crippen LogP contribution in [0.3, 0.4) is 0 Å². The van der Waals surface area contributed by atoms with Crippen LogP contribution in [0.5, 0.6) is 0 Å². The summed E-state index contributed by atoms with van der Waals surface area (Å²) in [5.41, 5.74) is 8.09. The molecule has 0 amide bonds. The first kappa shape index (κ1) is 23.5. The smallest absolute Gasteiger partial charge is 0.139 e. The number of nitrogens with zero attached hydrogens (tertiary/aromatic N) is 2. The molecule has 0 radical (unpaired) electrons. The van der Waals surface area contributed by atoms with Crippen molar-refractivity contribution in [1.29, 1.82) is 0 Å². The molecule has 2 aromatic heterocycles. The topological polar surface area (TPSA) is 116 Å². The van der Waals surface area contributed by atoms with Crippen LogP contribution >= 0.6 is 11.6 Å². The Morgan fingerprint density at radius 3 is 2.56 bits per heavy atom. The molecule has 0 aliphatic carbocycles. The largest absolute Gasteiger partial charge is 0.390 e. The van der Waals surface area contributed by atoms with Gasteiger partial charge in [-0.2, -0.15) is 0 Å². The van der Waals surface area contributed by atoms with Gasteiger partial charge in [-0.05, 0) is 42.0 Å². The van der Waals surface area contributed by atoms with Crippen LogP contribution in [0.2, 0.25) is 5.02 Å². The highest BCUT2D eigenvalue weighted by Gasteiger charge is 2.10. The molecular formula is C26H24ClN5O2. The highest BCUT2D eigenvalue weighted by molar-refractivity contribution is 6.31. The zero-order valence-corrected chi connectivity index (χ0v) is 19.0. The first-order valence-corrected chi connectivity index (χ1v) is 11.1. The van der Waals surface area contributed by atoms with Crippen molar-refractivity contribution in [2.24, 2.45) is 0 Å². The first-order valence-electron chi connectivity index (χ1n) is 10.7. The van der Waals surface area contributed by atoms with Crippen molar-refractivity contribution in [2.45, 2.75) is 12.3 Å². The van der Waals surface area contributed by atoms with Gasteiger partial charge >= 0.3 is 0 Å². The zero-order valence-electron chi connectivity index (χ0n) is 18.2. The van der Waals surface area contributed by atoms with Crippen molar-refractivity contribution in [3.63, 3.8) is 0 Å². The summed E-state index contributed by atoms with van der Waals surface area (Å²) in [6, 6.07) is 18.2. The van der Waals surface area contributed by atoms with Crippen LogP contribution in [0.1, 0.15) is 22.9 Å². The number of fused-ring (bicyclic) bond motifs is 1. The number of hydrogen-bond acceptors (Lipinski definition) is 7. The zero-order chi connectivity index (χ0) is 23.9. The second-order valence-corrected chi connectivity index (χ2v) is 8.12. The van der Waals surface area contributed by atoms with Crippen LogP contribution < -0.4 is 16.4 Å². The van der Waals surface area contributed by atoms with E-state index in [0.717, 1.165) is 16.3 Å². The quantitative estimate of drug-likeness (QED) is 0.206. The number of halogens is 1. The molecule has 0 aliphatic heterocycles. The second-order valence-electron chi connectivity index (χ2n) is 7.68. The van der Waals surface area contributed by atoms with E-state index in [2.05, 4.69) is 32.4 Å². The van der Waals surface area contributed by atoms with E-state index < -0.39 is 12.3 Å². The van der Waals surface area contributed by atoms with E-state index in [9.17, 15) is 10.2 Å². The molecule has 0 spiro atoms. The molecule has 34 heavy (non-hydrogen) atoms. The normalized spacial score (nSPS) is 12.6. The average Bonchev–Trinajstić information content (AvgIpc) is 2.86. The molecule has 4 rings (SSSR count). The number of aromatic nitrogens is 2. The predicted molar refractivity (Wildman–Crippen MR) is 135 cm³/mol. The van der Waals surface area contributed by atoms with Crippen LogP contribution in [0.25, 0.3) is 10.8 Å². The fourth-order valence-electron chi connectivity index (χ4n) is 3.34. The number of nitrogen functional groups attached to an aromatic ring is 1. The summed E-state index contributed by atoms with van der Waals surface area (Å²) < 4.78 is 0. The van der Waals surface area contributed by atoms with E-state index >= 15 is 0 Å². The summed E-state index contributed by atoms with van der Waals surface area (Å²) in [5, 5.41) is 28.9. The third-order valence-corrected chi connectivity index (χ3v) is 5.41. The Balaban J connectivity index is 1.37. The van der Waals surface area contributed by atoms with E-state index in [1.807, 2.05) is 42.5 Å². The van der Waals surface area contributed by atoms with E-state index in [1.54, 1.807) is 30.6 Å². The minimum absolute atomic E-state index is 0.207. The van der Waals surface area contributed by atoms with E-state index in [-0.39, 0.29) is 6.54 Å². The van der Waals surface area contributed by atoms with Crippen molar-refractivity contribution in [2.75, 3.05) is 24.1 Å². The Morgan fingerprint density at radius 2 is 1.79 bits per heavy atom. The number of nitrogens with two attached hydrogens (primary N) is 1. The number of anilines is 2. The van der Waals surface area contributed by atoms with Gasteiger partial charge in [-0.15, -0.1) is 0 Å². The first-order chi connectivity index (χ1) is 16.5. The molecule has 0 saturated heterocycles. The molecule has 2 unspecified atom stereocenters. The number of benzene rings is 2. The molecule has 2 atom stereocenters. The molecule has 8 heteroatoms. The van der Waals surface area contributed by atoms with Gasteiger partial charge in [0, 0.05) is 46.8 Å². The van der Waals surface area contributed by atoms with Crippen molar-refractivity contribution >= 4 is 34.0 Å². The highest BCUT2D eigenvalue weighted by atomic mass is 35.5. The summed E-state index contributed by atoms with van der Waals surface area (Å²) in [5.74, 6) is 7.21. The highest BCUT2D eigenvalue weighted by Crippen LogP contribution is 2.25. The van der Waals surface area contributed by atoms with Crippen LogP contribution in [-0.4, -0.2) is 39.4 Å². The molecule has 0 fully saturated rings. The third-order valence-electron chi connectivity index (χ3n) is 5.17. The second kappa shape index (κ2) is 11.0. The number of nitrogens with one attached hydrogen (secondary N) is 2. The van der Waals surface area contributed by atoms with Crippen LogP contribution in [-0.2, 0) is 0 Å². The SMILES string of the molecule is Nc1ncc2ccc(Cl)cc2c1C#Cc1ccc(C(O)NCC(O)CNc2ccccn2)cc1. The minimum Gasteiger partial charge on any atom is -0.390 e. The molecule has 172 valence electrons. The molecule has 0 bridgehead atoms. The van der Waals surface area contributed by atoms with Crippen molar-refractivity contribution < 1.29 is 10.2 Å². The molecule has 0 saturated carbocycles. The van der Waals surface area contributed by atoms with Crippen molar-refractivity contribution in [1.82, 2.24) is 15.3 Å². The lowest BCUT2D eigenvalue weighted by Gasteiger charge is -2.17. The van der Waals surface area contributed by atoms with E-state index in [1.165, 1.54) is 0 Å². The maximum atomic E-state index is 10.4. The summed E-state index contributed by atoms with van der Waals surface area (Å²) >= 11 is 6.14. The molecule has 2 aromatic carbocycles. The number of aliphatic hydroxyl groups is 2. The number of hydrogen-bond donors (Lipinski definition) is 5. The molecule has 4 aromatic rings. The predicted octanol–water partition coefficient (Wildman–Crippen LogP) is 3.32. The van der Waals surface area contributed by atoms with E-state index in [4.69, 9.17) is 17.3 Å². The van der Waals surface area contributed by atoms with Crippen molar-refractivity contribution in [3.8, 4) is 11.8 Å². The Labute approximate surface area is 202 Å². The molecule has 0 aliphatic rings. The summed E-state index contributed by atoms with van der Waals surface area (Å²) in [4.78, 5) is 8.35. The Bertz CT molecular complexity index is 1320. The lowest BCUT2D eigenvalue weighted by molar-refractivity contribution is 0.107. The van der Waals surface area contributed by atoms with Gasteiger partial charge < -0.3 is 21.3 Å². The lowest BCUT2D eigenvalue weighted by Crippen LogP contribution is -2.34. The Hall–Kier alpha value is -3.67. The van der Waals surface area contributed by atoms with Gasteiger partial charge in [0.1, 0.15) is 17.9 Å². The summed E-state index contributed by atoms with van der Waals surface area (Å²) in [6.45, 7) is 0.515. The summed E-state index contributed by atoms with van der Waals surface area (Å²) in [7, 11) is 0. The standard InChI is InChI=1S/C26H24ClN5O2/c27-20-10-9-19-14-31-25(28)22(23(19)13-20)11-6-17-4-7-18(8-5-17)26(34)32-16-21(33)15-30-24-3-1-2-12-29-24/h1-5,7-10,12-14,21,26,32-34H,15-16H2,(H2,28,31)(H,29,30). The average molecular weight is 474 g/mol. The van der Waals surface area contributed by atoms with Gasteiger partial charge in [-0.3, -0.25) is 5.32 Å². The van der Waals surface area contributed by atoms with Gasteiger partial charge in [-0.25, -0.2) is 9.97 Å². The molecule has 7 nitrogen and oxygen atoms in total. The Morgan fingerprint density at radius 1 is 0.971 bits per heavy atom. The minimum atomic E-state index is -0.924. The van der Waals surface area contributed by atoms with Gasteiger partial charge in [-0.1, -0.05) is 47.7 Å². The van der Waals surface area contributed by atoms with Gasteiger partial charge in [0.25, 0.3) is 0 Å².